The van der Waals surface area contributed by atoms with Crippen molar-refractivity contribution in [2.45, 2.75) is 26.8 Å². The van der Waals surface area contributed by atoms with Crippen molar-refractivity contribution < 1.29 is 4.52 Å². The fourth-order valence-corrected chi connectivity index (χ4v) is 2.93. The molecule has 0 radical (unpaired) electrons. The molecule has 0 saturated heterocycles. The predicted molar refractivity (Wildman–Crippen MR) is 86.8 cm³/mol. The molecule has 0 atom stereocenters. The summed E-state index contributed by atoms with van der Waals surface area (Å²) in [6.45, 7) is 5.59. The summed E-state index contributed by atoms with van der Waals surface area (Å²) >= 11 is 1.72. The average Bonchev–Trinajstić information content (AvgIpc) is 3.07. The fourth-order valence-electron chi connectivity index (χ4n) is 2.27. The van der Waals surface area contributed by atoms with Crippen LogP contribution >= 0.6 is 11.3 Å². The summed E-state index contributed by atoms with van der Waals surface area (Å²) < 4.78 is 5.18. The van der Waals surface area contributed by atoms with Crippen LogP contribution in [0.15, 0.2) is 26.3 Å². The summed E-state index contributed by atoms with van der Waals surface area (Å²) in [5.41, 5.74) is 3.45. The third-order valence-electron chi connectivity index (χ3n) is 3.41. The SMILES string of the molecule is CN=C(NCCc1c(C)noc1C)N(C)Cc1ccsc1. The largest absolute Gasteiger partial charge is 0.361 e. The quantitative estimate of drug-likeness (QED) is 0.681. The molecule has 0 bridgehead atoms. The van der Waals surface area contributed by atoms with E-state index in [-0.39, 0.29) is 0 Å². The molecule has 6 heteroatoms. The molecular weight excluding hydrogens is 284 g/mol. The second-order valence-corrected chi connectivity index (χ2v) is 5.79. The second-order valence-electron chi connectivity index (χ2n) is 5.01. The van der Waals surface area contributed by atoms with Gasteiger partial charge in [-0.2, -0.15) is 11.3 Å². The van der Waals surface area contributed by atoms with E-state index >= 15 is 0 Å². The topological polar surface area (TPSA) is 53.7 Å². The summed E-state index contributed by atoms with van der Waals surface area (Å²) in [4.78, 5) is 6.45. The van der Waals surface area contributed by atoms with Gasteiger partial charge in [-0.05, 0) is 42.7 Å². The van der Waals surface area contributed by atoms with Crippen molar-refractivity contribution in [3.63, 3.8) is 0 Å². The van der Waals surface area contributed by atoms with Crippen LogP contribution in [0.5, 0.6) is 0 Å². The van der Waals surface area contributed by atoms with Crippen LogP contribution in [-0.4, -0.2) is 36.7 Å². The van der Waals surface area contributed by atoms with E-state index in [0.717, 1.165) is 36.9 Å². The van der Waals surface area contributed by atoms with Crippen LogP contribution in [0.1, 0.15) is 22.6 Å². The molecule has 2 heterocycles. The summed E-state index contributed by atoms with van der Waals surface area (Å²) in [5, 5.41) is 11.6. The van der Waals surface area contributed by atoms with Gasteiger partial charge in [-0.15, -0.1) is 0 Å². The lowest BCUT2D eigenvalue weighted by Crippen LogP contribution is -2.39. The van der Waals surface area contributed by atoms with Gasteiger partial charge in [-0.3, -0.25) is 4.99 Å². The van der Waals surface area contributed by atoms with Gasteiger partial charge in [0.05, 0.1) is 5.69 Å². The van der Waals surface area contributed by atoms with E-state index in [9.17, 15) is 0 Å². The first kappa shape index (κ1) is 15.6. The molecule has 2 aromatic rings. The van der Waals surface area contributed by atoms with Crippen LogP contribution in [0.2, 0.25) is 0 Å². The summed E-state index contributed by atoms with van der Waals surface area (Å²) in [5.74, 6) is 1.80. The van der Waals surface area contributed by atoms with E-state index in [4.69, 9.17) is 4.52 Å². The van der Waals surface area contributed by atoms with Crippen LogP contribution < -0.4 is 5.32 Å². The molecule has 0 aliphatic heterocycles. The number of aliphatic imine (C=N–C) groups is 1. The third kappa shape index (κ3) is 4.07. The molecule has 2 rings (SSSR count). The van der Waals surface area contributed by atoms with Crippen molar-refractivity contribution >= 4 is 17.3 Å². The summed E-state index contributed by atoms with van der Waals surface area (Å²) in [6.07, 6.45) is 0.881. The molecule has 114 valence electrons. The van der Waals surface area contributed by atoms with Crippen LogP contribution in [0, 0.1) is 13.8 Å². The highest BCUT2D eigenvalue weighted by atomic mass is 32.1. The molecule has 0 aliphatic rings. The Morgan fingerprint density at radius 3 is 2.86 bits per heavy atom. The summed E-state index contributed by atoms with van der Waals surface area (Å²) in [7, 11) is 3.85. The molecule has 5 nitrogen and oxygen atoms in total. The number of hydrogen-bond acceptors (Lipinski definition) is 4. The zero-order valence-electron chi connectivity index (χ0n) is 13.0. The van der Waals surface area contributed by atoms with E-state index in [1.807, 2.05) is 27.9 Å². The zero-order chi connectivity index (χ0) is 15.2. The smallest absolute Gasteiger partial charge is 0.193 e. The average molecular weight is 306 g/mol. The number of guanidine groups is 1. The van der Waals surface area contributed by atoms with Crippen molar-refractivity contribution in [2.75, 3.05) is 20.6 Å². The molecule has 0 unspecified atom stereocenters. The van der Waals surface area contributed by atoms with Crippen LogP contribution in [0.4, 0.5) is 0 Å². The van der Waals surface area contributed by atoms with Gasteiger partial charge in [0.15, 0.2) is 5.96 Å². The van der Waals surface area contributed by atoms with Gasteiger partial charge in [-0.25, -0.2) is 0 Å². The van der Waals surface area contributed by atoms with Gasteiger partial charge in [0.1, 0.15) is 5.76 Å². The van der Waals surface area contributed by atoms with Crippen LogP contribution in [0.3, 0.4) is 0 Å². The molecule has 0 aliphatic carbocycles. The van der Waals surface area contributed by atoms with E-state index in [0.29, 0.717) is 0 Å². The Bertz CT molecular complexity index is 569. The lowest BCUT2D eigenvalue weighted by atomic mass is 10.1. The Morgan fingerprint density at radius 1 is 1.48 bits per heavy atom. The minimum absolute atomic E-state index is 0.809. The van der Waals surface area contributed by atoms with Gasteiger partial charge in [0.25, 0.3) is 0 Å². The van der Waals surface area contributed by atoms with Gasteiger partial charge < -0.3 is 14.7 Å². The van der Waals surface area contributed by atoms with Crippen molar-refractivity contribution in [3.8, 4) is 0 Å². The minimum Gasteiger partial charge on any atom is -0.361 e. The first-order valence-corrected chi connectivity index (χ1v) is 7.90. The Kier molecular flexibility index (Phi) is 5.38. The predicted octanol–water partition coefficient (Wildman–Crippen LogP) is 2.60. The van der Waals surface area contributed by atoms with Crippen LogP contribution in [0.25, 0.3) is 0 Å². The van der Waals surface area contributed by atoms with E-state index in [1.165, 1.54) is 11.1 Å². The molecule has 0 amide bonds. The number of aromatic nitrogens is 1. The highest BCUT2D eigenvalue weighted by Gasteiger charge is 2.10. The normalized spacial score (nSPS) is 11.7. The summed E-state index contributed by atoms with van der Waals surface area (Å²) in [6, 6.07) is 2.14. The van der Waals surface area contributed by atoms with Gasteiger partial charge in [0, 0.05) is 32.7 Å². The van der Waals surface area contributed by atoms with Crippen molar-refractivity contribution in [2.24, 2.45) is 4.99 Å². The Morgan fingerprint density at radius 2 is 2.29 bits per heavy atom. The minimum atomic E-state index is 0.809. The van der Waals surface area contributed by atoms with Crippen molar-refractivity contribution in [1.29, 1.82) is 0 Å². The van der Waals surface area contributed by atoms with Gasteiger partial charge in [-0.1, -0.05) is 5.16 Å². The maximum atomic E-state index is 5.18. The number of rotatable bonds is 5. The number of nitrogens with zero attached hydrogens (tertiary/aromatic N) is 3. The molecular formula is C15H22N4OS. The number of thiophene rings is 1. The van der Waals surface area contributed by atoms with Crippen LogP contribution in [-0.2, 0) is 13.0 Å². The number of hydrogen-bond donors (Lipinski definition) is 1. The molecule has 21 heavy (non-hydrogen) atoms. The lowest BCUT2D eigenvalue weighted by Gasteiger charge is -2.21. The van der Waals surface area contributed by atoms with Crippen molar-refractivity contribution in [1.82, 2.24) is 15.4 Å². The number of aryl methyl sites for hydroxylation is 2. The second kappa shape index (κ2) is 7.26. The molecule has 0 spiro atoms. The zero-order valence-corrected chi connectivity index (χ0v) is 13.8. The third-order valence-corrected chi connectivity index (χ3v) is 4.14. The Balaban J connectivity index is 1.85. The standard InChI is InChI=1S/C15H22N4OS/c1-11-14(12(2)20-18-11)5-7-17-15(16-3)19(4)9-13-6-8-21-10-13/h6,8,10H,5,7,9H2,1-4H3,(H,16,17). The molecule has 2 aromatic heterocycles. The fraction of sp³-hybridized carbons (Fsp3) is 0.467. The van der Waals surface area contributed by atoms with E-state index in [2.05, 4.69) is 37.2 Å². The van der Waals surface area contributed by atoms with E-state index < -0.39 is 0 Å². The number of nitrogens with one attached hydrogen (secondary N) is 1. The Hall–Kier alpha value is -1.82. The molecule has 0 aromatic carbocycles. The Labute approximate surface area is 129 Å². The molecule has 0 fully saturated rings. The van der Waals surface area contributed by atoms with Gasteiger partial charge >= 0.3 is 0 Å². The molecule has 1 N–H and O–H groups in total. The lowest BCUT2D eigenvalue weighted by molar-refractivity contribution is 0.392. The highest BCUT2D eigenvalue weighted by Crippen LogP contribution is 2.12. The monoisotopic (exact) mass is 306 g/mol. The highest BCUT2D eigenvalue weighted by molar-refractivity contribution is 7.07. The van der Waals surface area contributed by atoms with Gasteiger partial charge in [0.2, 0.25) is 0 Å². The maximum Gasteiger partial charge on any atom is 0.193 e. The molecule has 0 saturated carbocycles. The van der Waals surface area contributed by atoms with E-state index in [1.54, 1.807) is 11.3 Å². The first-order valence-electron chi connectivity index (χ1n) is 6.96. The van der Waals surface area contributed by atoms with Crippen molar-refractivity contribution in [3.05, 3.63) is 39.4 Å². The maximum absolute atomic E-state index is 5.18. The first-order chi connectivity index (χ1) is 10.1.